The molecule has 0 aromatic heterocycles. The van der Waals surface area contributed by atoms with E-state index in [9.17, 15) is 8.78 Å². The Morgan fingerprint density at radius 3 is 1.80 bits per heavy atom. The van der Waals surface area contributed by atoms with Gasteiger partial charge in [-0.15, -0.1) is 0 Å². The molecule has 1 heterocycles. The molecule has 0 amide bonds. The van der Waals surface area contributed by atoms with E-state index in [1.54, 1.807) is 0 Å². The minimum Gasteiger partial charge on any atom is -0.490 e. The lowest BCUT2D eigenvalue weighted by Gasteiger charge is -2.30. The van der Waals surface area contributed by atoms with Crippen LogP contribution in [-0.4, -0.2) is 19.8 Å². The average Bonchev–Trinajstić information content (AvgIpc) is 2.98. The molecule has 3 nitrogen and oxygen atoms in total. The van der Waals surface area contributed by atoms with E-state index in [1.165, 1.54) is 94.7 Å². The number of hydrogen-bond acceptors (Lipinski definition) is 3. The van der Waals surface area contributed by atoms with E-state index < -0.39 is 17.9 Å². The molecule has 1 aliphatic heterocycles. The van der Waals surface area contributed by atoms with E-state index in [1.807, 2.05) is 0 Å². The van der Waals surface area contributed by atoms with E-state index in [-0.39, 0.29) is 17.2 Å². The van der Waals surface area contributed by atoms with E-state index >= 15 is 0 Å². The summed E-state index contributed by atoms with van der Waals surface area (Å²) in [6.07, 6.45) is 18.8. The Hall–Kier alpha value is -1.98. The first-order valence-electron chi connectivity index (χ1n) is 16.1. The van der Waals surface area contributed by atoms with Crippen molar-refractivity contribution in [3.63, 3.8) is 0 Å². The molecule has 0 unspecified atom stereocenters. The minimum absolute atomic E-state index is 0.0468. The van der Waals surface area contributed by atoms with Crippen LogP contribution in [0, 0.1) is 11.6 Å². The van der Waals surface area contributed by atoms with Gasteiger partial charge in [-0.2, -0.15) is 4.39 Å². The van der Waals surface area contributed by atoms with Crippen LogP contribution in [0.4, 0.5) is 8.78 Å². The van der Waals surface area contributed by atoms with Gasteiger partial charge in [0.2, 0.25) is 5.82 Å². The Bertz CT molecular complexity index is 938. The Morgan fingerprint density at radius 1 is 0.650 bits per heavy atom. The van der Waals surface area contributed by atoms with Gasteiger partial charge in [0.15, 0.2) is 17.9 Å². The first-order valence-corrected chi connectivity index (χ1v) is 16.1. The number of halogens is 2. The van der Waals surface area contributed by atoms with Gasteiger partial charge in [-0.25, -0.2) is 4.39 Å². The SMILES string of the molecule is CCCCCCCCCCOc1ccc(C2OCC(c3ccc(CCCCCCCCC)cc3)CO2)c(F)c1F. The molecular weight excluding hydrogens is 506 g/mol. The van der Waals surface area contributed by atoms with Gasteiger partial charge < -0.3 is 14.2 Å². The second-order valence-corrected chi connectivity index (χ2v) is 11.4. The molecule has 0 atom stereocenters. The van der Waals surface area contributed by atoms with Gasteiger partial charge >= 0.3 is 0 Å². The summed E-state index contributed by atoms with van der Waals surface area (Å²) in [5.41, 5.74) is 2.59. The van der Waals surface area contributed by atoms with Crippen molar-refractivity contribution in [2.45, 2.75) is 129 Å². The van der Waals surface area contributed by atoms with Crippen molar-refractivity contribution >= 4 is 0 Å². The smallest absolute Gasteiger partial charge is 0.201 e. The van der Waals surface area contributed by atoms with Crippen LogP contribution in [0.2, 0.25) is 0 Å². The molecule has 1 aliphatic rings. The molecule has 224 valence electrons. The maximum Gasteiger partial charge on any atom is 0.201 e. The monoisotopic (exact) mass is 558 g/mol. The first kappa shape index (κ1) is 32.5. The summed E-state index contributed by atoms with van der Waals surface area (Å²) in [7, 11) is 0. The summed E-state index contributed by atoms with van der Waals surface area (Å²) in [6.45, 7) is 5.66. The predicted octanol–water partition coefficient (Wildman–Crippen LogP) is 10.6. The third kappa shape index (κ3) is 11.1. The van der Waals surface area contributed by atoms with Gasteiger partial charge in [-0.3, -0.25) is 0 Å². The van der Waals surface area contributed by atoms with E-state index in [4.69, 9.17) is 14.2 Å². The number of rotatable bonds is 20. The summed E-state index contributed by atoms with van der Waals surface area (Å²) in [5, 5.41) is 0. The van der Waals surface area contributed by atoms with Crippen molar-refractivity contribution in [1.82, 2.24) is 0 Å². The Labute approximate surface area is 242 Å². The minimum atomic E-state index is -0.970. The highest BCUT2D eigenvalue weighted by atomic mass is 19.2. The van der Waals surface area contributed by atoms with Crippen molar-refractivity contribution in [3.05, 3.63) is 64.7 Å². The number of benzene rings is 2. The maximum absolute atomic E-state index is 14.9. The fourth-order valence-electron chi connectivity index (χ4n) is 5.38. The third-order valence-corrected chi connectivity index (χ3v) is 8.00. The molecule has 3 rings (SSSR count). The molecule has 1 saturated heterocycles. The average molecular weight is 559 g/mol. The molecule has 0 spiro atoms. The highest BCUT2D eigenvalue weighted by Gasteiger charge is 2.29. The van der Waals surface area contributed by atoms with Crippen LogP contribution in [0.5, 0.6) is 5.75 Å². The second-order valence-electron chi connectivity index (χ2n) is 11.4. The lowest BCUT2D eigenvalue weighted by atomic mass is 9.97. The molecule has 0 saturated carbocycles. The van der Waals surface area contributed by atoms with E-state index in [2.05, 4.69) is 38.1 Å². The largest absolute Gasteiger partial charge is 0.490 e. The molecule has 2 aromatic carbocycles. The van der Waals surface area contributed by atoms with Crippen molar-refractivity contribution in [2.75, 3.05) is 19.8 Å². The number of hydrogen-bond donors (Lipinski definition) is 0. The number of aryl methyl sites for hydroxylation is 1. The summed E-state index contributed by atoms with van der Waals surface area (Å²) >= 11 is 0. The molecule has 5 heteroatoms. The zero-order valence-electron chi connectivity index (χ0n) is 25.0. The van der Waals surface area contributed by atoms with Gasteiger partial charge in [-0.05, 0) is 42.5 Å². The van der Waals surface area contributed by atoms with Crippen LogP contribution in [0.3, 0.4) is 0 Å². The van der Waals surface area contributed by atoms with Crippen LogP contribution in [0.25, 0.3) is 0 Å². The van der Waals surface area contributed by atoms with Crippen LogP contribution in [0.1, 0.15) is 139 Å². The third-order valence-electron chi connectivity index (χ3n) is 8.00. The van der Waals surface area contributed by atoms with Crippen molar-refractivity contribution in [1.29, 1.82) is 0 Å². The topological polar surface area (TPSA) is 27.7 Å². The Morgan fingerprint density at radius 2 is 1.20 bits per heavy atom. The van der Waals surface area contributed by atoms with E-state index in [0.717, 1.165) is 31.2 Å². The Kier molecular flexibility index (Phi) is 15.6. The summed E-state index contributed by atoms with van der Waals surface area (Å²) in [5.74, 6) is -1.89. The van der Waals surface area contributed by atoms with Crippen LogP contribution < -0.4 is 4.74 Å². The quantitative estimate of drug-likeness (QED) is 0.151. The molecule has 0 bridgehead atoms. The molecule has 40 heavy (non-hydrogen) atoms. The lowest BCUT2D eigenvalue weighted by Crippen LogP contribution is -2.26. The zero-order chi connectivity index (χ0) is 28.4. The standard InChI is InChI=1S/C35H52F2O3/c1-3-5-7-9-11-13-15-17-25-38-32-24-23-31(33(36)34(32)37)35-39-26-30(27-40-35)29-21-19-28(20-22-29)18-16-14-12-10-8-6-4-2/h19-24,30,35H,3-18,25-27H2,1-2H3. The van der Waals surface area contributed by atoms with Crippen molar-refractivity contribution in [2.24, 2.45) is 0 Å². The van der Waals surface area contributed by atoms with Gasteiger partial charge in [-0.1, -0.05) is 122 Å². The normalized spacial score (nSPS) is 17.3. The predicted molar refractivity (Wildman–Crippen MR) is 160 cm³/mol. The zero-order valence-corrected chi connectivity index (χ0v) is 25.0. The maximum atomic E-state index is 14.9. The number of unbranched alkanes of at least 4 members (excludes halogenated alkanes) is 13. The fraction of sp³-hybridized carbons (Fsp3) is 0.657. The van der Waals surface area contributed by atoms with Gasteiger partial charge in [0.05, 0.1) is 19.8 Å². The highest BCUT2D eigenvalue weighted by Crippen LogP contribution is 2.34. The van der Waals surface area contributed by atoms with Gasteiger partial charge in [0, 0.05) is 11.5 Å². The molecule has 0 aliphatic carbocycles. The van der Waals surface area contributed by atoms with Crippen LogP contribution in [0.15, 0.2) is 36.4 Å². The summed E-state index contributed by atoms with van der Waals surface area (Å²) in [4.78, 5) is 0. The molecule has 0 radical (unpaired) electrons. The summed E-state index contributed by atoms with van der Waals surface area (Å²) < 4.78 is 46.8. The van der Waals surface area contributed by atoms with Crippen LogP contribution in [-0.2, 0) is 15.9 Å². The van der Waals surface area contributed by atoms with Gasteiger partial charge in [0.1, 0.15) is 0 Å². The molecule has 1 fully saturated rings. The first-order chi connectivity index (χ1) is 19.6. The lowest BCUT2D eigenvalue weighted by molar-refractivity contribution is -0.193. The fourth-order valence-corrected chi connectivity index (χ4v) is 5.38. The highest BCUT2D eigenvalue weighted by molar-refractivity contribution is 5.32. The summed E-state index contributed by atoms with van der Waals surface area (Å²) in [6, 6.07) is 11.7. The van der Waals surface area contributed by atoms with Crippen molar-refractivity contribution in [3.8, 4) is 5.75 Å². The number of ether oxygens (including phenoxy) is 3. The van der Waals surface area contributed by atoms with E-state index in [0.29, 0.717) is 19.8 Å². The van der Waals surface area contributed by atoms with Gasteiger partial charge in [0.25, 0.3) is 0 Å². The van der Waals surface area contributed by atoms with Crippen LogP contribution >= 0.6 is 0 Å². The Balaban J connectivity index is 1.37. The molecule has 2 aromatic rings. The van der Waals surface area contributed by atoms with Crippen molar-refractivity contribution < 1.29 is 23.0 Å². The second kappa shape index (κ2) is 19.2. The molecule has 0 N–H and O–H groups in total. The molecular formula is C35H52F2O3.